The van der Waals surface area contributed by atoms with Gasteiger partial charge in [0.1, 0.15) is 5.54 Å². The highest BCUT2D eigenvalue weighted by Gasteiger charge is 2.65. The zero-order chi connectivity index (χ0) is 19.5. The van der Waals surface area contributed by atoms with Crippen LogP contribution >= 0.6 is 0 Å². The highest BCUT2D eigenvalue weighted by molar-refractivity contribution is 6.09. The SMILES string of the molecule is Cc1n[nH]c(C)c1CNC(=O)[C@@H]1C[C@H]2CCCN2[C@]12C(=O)Nc1ccccc12. The first-order chi connectivity index (χ1) is 13.5. The largest absolute Gasteiger partial charge is 0.352 e. The number of aromatic amines is 1. The van der Waals surface area contributed by atoms with Crippen LogP contribution in [0.2, 0.25) is 0 Å². The fourth-order valence-corrected chi connectivity index (χ4v) is 5.51. The second-order valence-electron chi connectivity index (χ2n) is 8.17. The molecule has 7 nitrogen and oxygen atoms in total. The molecule has 0 aliphatic carbocycles. The predicted molar refractivity (Wildman–Crippen MR) is 104 cm³/mol. The fraction of sp³-hybridized carbons (Fsp3) is 0.476. The van der Waals surface area contributed by atoms with E-state index in [1.807, 2.05) is 38.1 Å². The first kappa shape index (κ1) is 17.4. The molecule has 4 heterocycles. The Balaban J connectivity index is 1.50. The van der Waals surface area contributed by atoms with Crippen LogP contribution in [0.25, 0.3) is 0 Å². The number of benzene rings is 1. The molecule has 0 radical (unpaired) electrons. The molecule has 3 N–H and O–H groups in total. The van der Waals surface area contributed by atoms with Crippen LogP contribution in [0.5, 0.6) is 0 Å². The van der Waals surface area contributed by atoms with E-state index in [-0.39, 0.29) is 17.9 Å². The van der Waals surface area contributed by atoms with Crippen molar-refractivity contribution in [3.63, 3.8) is 0 Å². The minimum Gasteiger partial charge on any atom is -0.352 e. The van der Waals surface area contributed by atoms with Gasteiger partial charge in [0.05, 0.1) is 11.6 Å². The Morgan fingerprint density at radius 1 is 1.36 bits per heavy atom. The lowest BCUT2D eigenvalue weighted by Gasteiger charge is -2.36. The summed E-state index contributed by atoms with van der Waals surface area (Å²) in [7, 11) is 0. The summed E-state index contributed by atoms with van der Waals surface area (Å²) in [4.78, 5) is 29.0. The molecule has 1 aromatic heterocycles. The number of carbonyl (C=O) groups is 2. The van der Waals surface area contributed by atoms with Crippen molar-refractivity contribution in [3.05, 3.63) is 46.8 Å². The van der Waals surface area contributed by atoms with E-state index in [9.17, 15) is 9.59 Å². The van der Waals surface area contributed by atoms with Gasteiger partial charge in [0.15, 0.2) is 0 Å². The van der Waals surface area contributed by atoms with E-state index in [4.69, 9.17) is 0 Å². The lowest BCUT2D eigenvalue weighted by molar-refractivity contribution is -0.137. The molecular weight excluding hydrogens is 354 g/mol. The van der Waals surface area contributed by atoms with E-state index in [1.165, 1.54) is 0 Å². The maximum Gasteiger partial charge on any atom is 0.250 e. The van der Waals surface area contributed by atoms with Crippen LogP contribution in [-0.4, -0.2) is 39.5 Å². The second kappa shape index (κ2) is 6.17. The topological polar surface area (TPSA) is 90.1 Å². The quantitative estimate of drug-likeness (QED) is 0.761. The Morgan fingerprint density at radius 3 is 2.96 bits per heavy atom. The van der Waals surface area contributed by atoms with Crippen LogP contribution in [-0.2, 0) is 21.7 Å². The number of H-pyrrole nitrogens is 1. The standard InChI is InChI=1S/C21H25N5O2/c1-12-15(13(2)25-24-12)11-22-19(27)17-10-14-6-5-9-26(14)21(17)16-7-3-4-8-18(16)23-20(21)28/h3-4,7-8,14,17H,5-6,9-11H2,1-2H3,(H,22,27)(H,23,28)(H,24,25)/t14-,17+,21+/m1/s1. The molecule has 3 atom stereocenters. The molecule has 7 heteroatoms. The van der Waals surface area contributed by atoms with Gasteiger partial charge in [-0.2, -0.15) is 5.10 Å². The molecule has 0 unspecified atom stereocenters. The lowest BCUT2D eigenvalue weighted by atomic mass is 9.78. The van der Waals surface area contributed by atoms with Gasteiger partial charge in [-0.3, -0.25) is 19.6 Å². The molecule has 28 heavy (non-hydrogen) atoms. The summed E-state index contributed by atoms with van der Waals surface area (Å²) < 4.78 is 0. The van der Waals surface area contributed by atoms with E-state index in [2.05, 4.69) is 25.7 Å². The van der Waals surface area contributed by atoms with Crippen LogP contribution in [0.3, 0.4) is 0 Å². The molecule has 0 saturated carbocycles. The number of para-hydroxylation sites is 1. The van der Waals surface area contributed by atoms with Crippen LogP contribution in [0, 0.1) is 19.8 Å². The molecule has 5 rings (SSSR count). The fourth-order valence-electron chi connectivity index (χ4n) is 5.51. The Bertz CT molecular complexity index is 948. The smallest absolute Gasteiger partial charge is 0.250 e. The molecule has 2 fully saturated rings. The molecule has 3 aliphatic heterocycles. The maximum atomic E-state index is 13.4. The van der Waals surface area contributed by atoms with Crippen LogP contribution in [0.4, 0.5) is 5.69 Å². The van der Waals surface area contributed by atoms with Gasteiger partial charge in [-0.15, -0.1) is 0 Å². The third-order valence-electron chi connectivity index (χ3n) is 6.81. The first-order valence-corrected chi connectivity index (χ1v) is 9.99. The zero-order valence-corrected chi connectivity index (χ0v) is 16.2. The Kier molecular flexibility index (Phi) is 3.84. The zero-order valence-electron chi connectivity index (χ0n) is 16.2. The van der Waals surface area contributed by atoms with Crippen molar-refractivity contribution >= 4 is 17.5 Å². The van der Waals surface area contributed by atoms with E-state index in [0.717, 1.165) is 54.0 Å². The third-order valence-corrected chi connectivity index (χ3v) is 6.81. The number of hydrogen-bond acceptors (Lipinski definition) is 4. The van der Waals surface area contributed by atoms with Gasteiger partial charge in [-0.25, -0.2) is 0 Å². The predicted octanol–water partition coefficient (Wildman–Crippen LogP) is 1.97. The van der Waals surface area contributed by atoms with Crippen molar-refractivity contribution in [2.45, 2.75) is 51.2 Å². The molecule has 1 spiro atoms. The van der Waals surface area contributed by atoms with Crippen molar-refractivity contribution in [3.8, 4) is 0 Å². The van der Waals surface area contributed by atoms with Crippen molar-refractivity contribution in [2.24, 2.45) is 5.92 Å². The normalized spacial score (nSPS) is 28.4. The van der Waals surface area contributed by atoms with Gasteiger partial charge < -0.3 is 10.6 Å². The highest BCUT2D eigenvalue weighted by atomic mass is 16.2. The number of anilines is 1. The number of rotatable bonds is 3. The highest BCUT2D eigenvalue weighted by Crippen LogP contribution is 2.55. The van der Waals surface area contributed by atoms with Crippen molar-refractivity contribution in [1.29, 1.82) is 0 Å². The van der Waals surface area contributed by atoms with Crippen LogP contribution in [0.1, 0.15) is 41.8 Å². The number of carbonyl (C=O) groups excluding carboxylic acids is 2. The summed E-state index contributed by atoms with van der Waals surface area (Å²) in [6.07, 6.45) is 2.83. The molecule has 1 aromatic carbocycles. The number of aryl methyl sites for hydroxylation is 2. The first-order valence-electron chi connectivity index (χ1n) is 9.99. The summed E-state index contributed by atoms with van der Waals surface area (Å²) in [5.74, 6) is -0.510. The van der Waals surface area contributed by atoms with Gasteiger partial charge >= 0.3 is 0 Å². The van der Waals surface area contributed by atoms with Gasteiger partial charge in [0, 0.05) is 35.1 Å². The molecule has 2 aromatic rings. The van der Waals surface area contributed by atoms with Crippen molar-refractivity contribution in [1.82, 2.24) is 20.4 Å². The van der Waals surface area contributed by atoms with E-state index in [1.54, 1.807) is 0 Å². The van der Waals surface area contributed by atoms with E-state index in [0.29, 0.717) is 6.54 Å². The summed E-state index contributed by atoms with van der Waals surface area (Å²) in [6, 6.07) is 8.09. The molecule has 2 saturated heterocycles. The number of aromatic nitrogens is 2. The number of amides is 2. The average molecular weight is 379 g/mol. The summed E-state index contributed by atoms with van der Waals surface area (Å²) in [5.41, 5.74) is 3.76. The summed E-state index contributed by atoms with van der Waals surface area (Å²) >= 11 is 0. The monoisotopic (exact) mass is 379 g/mol. The summed E-state index contributed by atoms with van der Waals surface area (Å²) in [5, 5.41) is 13.3. The third kappa shape index (κ3) is 2.22. The Hall–Kier alpha value is -2.67. The number of fused-ring (bicyclic) bond motifs is 4. The van der Waals surface area contributed by atoms with Crippen molar-refractivity contribution < 1.29 is 9.59 Å². The molecule has 146 valence electrons. The molecular formula is C21H25N5O2. The van der Waals surface area contributed by atoms with Crippen molar-refractivity contribution in [2.75, 3.05) is 11.9 Å². The van der Waals surface area contributed by atoms with E-state index >= 15 is 0 Å². The maximum absolute atomic E-state index is 13.4. The Labute approximate surface area is 163 Å². The molecule has 2 amide bonds. The number of nitrogens with zero attached hydrogens (tertiary/aromatic N) is 2. The lowest BCUT2D eigenvalue weighted by Crippen LogP contribution is -2.54. The van der Waals surface area contributed by atoms with E-state index < -0.39 is 11.5 Å². The molecule has 0 bridgehead atoms. The minimum absolute atomic E-state index is 0.0544. The Morgan fingerprint density at radius 2 is 2.18 bits per heavy atom. The van der Waals surface area contributed by atoms with Gasteiger partial charge in [0.25, 0.3) is 0 Å². The molecule has 3 aliphatic rings. The average Bonchev–Trinajstić information content (AvgIpc) is 3.40. The van der Waals surface area contributed by atoms with Crippen LogP contribution in [0.15, 0.2) is 24.3 Å². The second-order valence-corrected chi connectivity index (χ2v) is 8.17. The van der Waals surface area contributed by atoms with Gasteiger partial charge in [-0.05, 0) is 45.7 Å². The number of nitrogens with one attached hydrogen (secondary N) is 3. The van der Waals surface area contributed by atoms with Gasteiger partial charge in [-0.1, -0.05) is 18.2 Å². The van der Waals surface area contributed by atoms with Crippen LogP contribution < -0.4 is 10.6 Å². The summed E-state index contributed by atoms with van der Waals surface area (Å²) in [6.45, 7) is 5.16. The van der Waals surface area contributed by atoms with Gasteiger partial charge in [0.2, 0.25) is 11.8 Å². The minimum atomic E-state index is -0.887. The number of hydrogen-bond donors (Lipinski definition) is 3.